The summed E-state index contributed by atoms with van der Waals surface area (Å²) < 4.78 is 5.48. The standard InChI is InChI=1S/C14H21N5O3/c1-3-22-14-13(15-5-6-16-14)19-7-4-11(9-19)18-12(21)8-17-10(2)20/h5-6,11H,3-4,7-9H2,1-2H3,(H,17,20)(H,18,21)/t11-/m1/s1. The van der Waals surface area contributed by atoms with Crippen molar-refractivity contribution in [3.05, 3.63) is 12.4 Å². The maximum atomic E-state index is 11.7. The summed E-state index contributed by atoms with van der Waals surface area (Å²) in [6, 6.07) is 0.0257. The molecule has 1 aromatic heterocycles. The van der Waals surface area contributed by atoms with Gasteiger partial charge < -0.3 is 20.3 Å². The van der Waals surface area contributed by atoms with Gasteiger partial charge in [-0.3, -0.25) is 9.59 Å². The maximum absolute atomic E-state index is 11.7. The van der Waals surface area contributed by atoms with Crippen LogP contribution < -0.4 is 20.3 Å². The second-order valence-electron chi connectivity index (χ2n) is 5.03. The molecule has 22 heavy (non-hydrogen) atoms. The van der Waals surface area contributed by atoms with Gasteiger partial charge in [0.15, 0.2) is 5.82 Å². The van der Waals surface area contributed by atoms with Gasteiger partial charge in [-0.05, 0) is 13.3 Å². The van der Waals surface area contributed by atoms with Crippen molar-refractivity contribution in [1.82, 2.24) is 20.6 Å². The van der Waals surface area contributed by atoms with Crippen molar-refractivity contribution < 1.29 is 14.3 Å². The van der Waals surface area contributed by atoms with E-state index in [2.05, 4.69) is 20.6 Å². The molecule has 0 saturated carbocycles. The number of nitrogens with one attached hydrogen (secondary N) is 2. The topological polar surface area (TPSA) is 96.5 Å². The van der Waals surface area contributed by atoms with E-state index in [9.17, 15) is 9.59 Å². The molecule has 0 aromatic carbocycles. The van der Waals surface area contributed by atoms with Crippen molar-refractivity contribution >= 4 is 17.6 Å². The zero-order valence-electron chi connectivity index (χ0n) is 12.8. The van der Waals surface area contributed by atoms with Crippen LogP contribution in [-0.4, -0.2) is 54.1 Å². The van der Waals surface area contributed by atoms with Gasteiger partial charge in [-0.1, -0.05) is 0 Å². The van der Waals surface area contributed by atoms with Crippen LogP contribution in [0.15, 0.2) is 12.4 Å². The highest BCUT2D eigenvalue weighted by Gasteiger charge is 2.27. The maximum Gasteiger partial charge on any atom is 0.257 e. The van der Waals surface area contributed by atoms with Crippen LogP contribution >= 0.6 is 0 Å². The summed E-state index contributed by atoms with van der Waals surface area (Å²) in [6.07, 6.45) is 4.03. The van der Waals surface area contributed by atoms with E-state index in [1.165, 1.54) is 6.92 Å². The number of nitrogens with zero attached hydrogens (tertiary/aromatic N) is 3. The van der Waals surface area contributed by atoms with E-state index in [0.29, 0.717) is 24.8 Å². The molecule has 0 spiro atoms. The molecule has 2 amide bonds. The number of hydrogen-bond acceptors (Lipinski definition) is 6. The van der Waals surface area contributed by atoms with Crippen LogP contribution in [0.3, 0.4) is 0 Å². The Balaban J connectivity index is 1.90. The summed E-state index contributed by atoms with van der Waals surface area (Å²) in [4.78, 5) is 33.1. The number of amides is 2. The zero-order valence-corrected chi connectivity index (χ0v) is 12.8. The number of rotatable bonds is 6. The quantitative estimate of drug-likeness (QED) is 0.749. The van der Waals surface area contributed by atoms with Gasteiger partial charge in [-0.25, -0.2) is 9.97 Å². The van der Waals surface area contributed by atoms with Crippen molar-refractivity contribution in [3.8, 4) is 5.88 Å². The molecule has 1 atom stereocenters. The van der Waals surface area contributed by atoms with Crippen LogP contribution in [0.1, 0.15) is 20.3 Å². The van der Waals surface area contributed by atoms with E-state index in [4.69, 9.17) is 4.74 Å². The van der Waals surface area contributed by atoms with Gasteiger partial charge >= 0.3 is 0 Å². The molecule has 2 heterocycles. The molecule has 1 saturated heterocycles. The van der Waals surface area contributed by atoms with Gasteiger partial charge in [-0.2, -0.15) is 0 Å². The number of carbonyl (C=O) groups is 2. The second kappa shape index (κ2) is 7.58. The second-order valence-corrected chi connectivity index (χ2v) is 5.03. The lowest BCUT2D eigenvalue weighted by atomic mass is 10.2. The van der Waals surface area contributed by atoms with Crippen LogP contribution in [0.2, 0.25) is 0 Å². The van der Waals surface area contributed by atoms with Crippen molar-refractivity contribution in [2.75, 3.05) is 31.1 Å². The van der Waals surface area contributed by atoms with E-state index in [1.54, 1.807) is 12.4 Å². The first-order chi connectivity index (χ1) is 10.6. The molecule has 8 heteroatoms. The molecule has 1 fully saturated rings. The third-order valence-electron chi connectivity index (χ3n) is 3.28. The summed E-state index contributed by atoms with van der Waals surface area (Å²) in [5.41, 5.74) is 0. The Morgan fingerprint density at radius 2 is 2.18 bits per heavy atom. The third kappa shape index (κ3) is 4.31. The fourth-order valence-corrected chi connectivity index (χ4v) is 2.33. The van der Waals surface area contributed by atoms with Crippen molar-refractivity contribution in [2.24, 2.45) is 0 Å². The Morgan fingerprint density at radius 3 is 2.91 bits per heavy atom. The smallest absolute Gasteiger partial charge is 0.257 e. The SMILES string of the molecule is CCOc1nccnc1N1CC[C@@H](NC(=O)CNC(C)=O)C1. The number of carbonyl (C=O) groups excluding carboxylic acids is 2. The number of anilines is 1. The van der Waals surface area contributed by atoms with E-state index in [0.717, 1.165) is 13.0 Å². The third-order valence-corrected chi connectivity index (χ3v) is 3.28. The molecule has 1 aliphatic heterocycles. The van der Waals surface area contributed by atoms with Gasteiger partial charge in [0.2, 0.25) is 11.8 Å². The largest absolute Gasteiger partial charge is 0.475 e. The monoisotopic (exact) mass is 307 g/mol. The van der Waals surface area contributed by atoms with Gasteiger partial charge in [0, 0.05) is 38.4 Å². The molecule has 1 aliphatic rings. The molecule has 120 valence electrons. The summed E-state index contributed by atoms with van der Waals surface area (Å²) in [5, 5.41) is 5.38. The summed E-state index contributed by atoms with van der Waals surface area (Å²) in [7, 11) is 0. The van der Waals surface area contributed by atoms with Crippen molar-refractivity contribution in [3.63, 3.8) is 0 Å². The van der Waals surface area contributed by atoms with Gasteiger partial charge in [0.05, 0.1) is 13.2 Å². The number of ether oxygens (including phenoxy) is 1. The number of aromatic nitrogens is 2. The molecule has 0 aliphatic carbocycles. The predicted octanol–water partition coefficient (Wildman–Crippen LogP) is -0.294. The van der Waals surface area contributed by atoms with Gasteiger partial charge in [0.25, 0.3) is 5.88 Å². The van der Waals surface area contributed by atoms with Crippen LogP contribution in [0.4, 0.5) is 5.82 Å². The normalized spacial score (nSPS) is 17.2. The van der Waals surface area contributed by atoms with E-state index < -0.39 is 0 Å². The Hall–Kier alpha value is -2.38. The molecule has 0 radical (unpaired) electrons. The summed E-state index contributed by atoms with van der Waals surface area (Å²) >= 11 is 0. The lowest BCUT2D eigenvalue weighted by Gasteiger charge is -2.19. The molecule has 8 nitrogen and oxygen atoms in total. The van der Waals surface area contributed by atoms with Crippen molar-refractivity contribution in [1.29, 1.82) is 0 Å². The van der Waals surface area contributed by atoms with Crippen LogP contribution in [-0.2, 0) is 9.59 Å². The van der Waals surface area contributed by atoms with Crippen LogP contribution in [0.5, 0.6) is 5.88 Å². The minimum atomic E-state index is -0.218. The predicted molar refractivity (Wildman–Crippen MR) is 80.6 cm³/mol. The average molecular weight is 307 g/mol. The minimum absolute atomic E-state index is 0.00116. The van der Waals surface area contributed by atoms with Crippen LogP contribution in [0, 0.1) is 0 Å². The Labute approximate surface area is 129 Å². The van der Waals surface area contributed by atoms with Crippen molar-refractivity contribution in [2.45, 2.75) is 26.3 Å². The molecule has 1 aromatic rings. The molecule has 2 rings (SSSR count). The molecular formula is C14H21N5O3. The van der Waals surface area contributed by atoms with E-state index in [-0.39, 0.29) is 24.4 Å². The fourth-order valence-electron chi connectivity index (χ4n) is 2.33. The lowest BCUT2D eigenvalue weighted by Crippen LogP contribution is -2.42. The highest BCUT2D eigenvalue weighted by molar-refractivity contribution is 5.83. The van der Waals surface area contributed by atoms with Crippen LogP contribution in [0.25, 0.3) is 0 Å². The molecule has 2 N–H and O–H groups in total. The molecule has 0 bridgehead atoms. The first kappa shape index (κ1) is 16.0. The molecule has 0 unspecified atom stereocenters. The summed E-state index contributed by atoms with van der Waals surface area (Å²) in [6.45, 7) is 5.22. The fraction of sp³-hybridized carbons (Fsp3) is 0.571. The Kier molecular flexibility index (Phi) is 5.51. The lowest BCUT2D eigenvalue weighted by molar-refractivity contribution is -0.125. The molecular weight excluding hydrogens is 286 g/mol. The zero-order chi connectivity index (χ0) is 15.9. The highest BCUT2D eigenvalue weighted by Crippen LogP contribution is 2.26. The van der Waals surface area contributed by atoms with E-state index >= 15 is 0 Å². The Morgan fingerprint density at radius 1 is 1.41 bits per heavy atom. The first-order valence-electron chi connectivity index (χ1n) is 7.32. The van der Waals surface area contributed by atoms with Gasteiger partial charge in [-0.15, -0.1) is 0 Å². The highest BCUT2D eigenvalue weighted by atomic mass is 16.5. The average Bonchev–Trinajstić information content (AvgIpc) is 2.94. The van der Waals surface area contributed by atoms with Gasteiger partial charge in [0.1, 0.15) is 0 Å². The number of hydrogen-bond donors (Lipinski definition) is 2. The summed E-state index contributed by atoms with van der Waals surface area (Å²) in [5.74, 6) is 0.800. The Bertz CT molecular complexity index is 537. The first-order valence-corrected chi connectivity index (χ1v) is 7.32. The van der Waals surface area contributed by atoms with E-state index in [1.807, 2.05) is 11.8 Å². The minimum Gasteiger partial charge on any atom is -0.475 e.